The highest BCUT2D eigenvalue weighted by Gasteiger charge is 2.22. The third kappa shape index (κ3) is 4.87. The van der Waals surface area contributed by atoms with Gasteiger partial charge in [-0.2, -0.15) is 0 Å². The quantitative estimate of drug-likeness (QED) is 0.317. The largest absolute Gasteiger partial charge is 0.356 e. The lowest BCUT2D eigenvalue weighted by atomic mass is 10.2. The number of thioether (sulfide) groups is 1. The molecular formula is C21H32N6S. The van der Waals surface area contributed by atoms with Crippen LogP contribution in [0.1, 0.15) is 38.6 Å². The Morgan fingerprint density at radius 2 is 2.11 bits per heavy atom. The number of hydrogen-bond acceptors (Lipinski definition) is 4. The number of aryl methyl sites for hydroxylation is 1. The van der Waals surface area contributed by atoms with Crippen molar-refractivity contribution in [1.82, 2.24) is 20.1 Å². The number of aliphatic imine (C=N–C) groups is 1. The van der Waals surface area contributed by atoms with Crippen molar-refractivity contribution in [2.45, 2.75) is 51.7 Å². The molecule has 7 heteroatoms. The van der Waals surface area contributed by atoms with Gasteiger partial charge < -0.3 is 14.8 Å². The molecule has 0 spiro atoms. The van der Waals surface area contributed by atoms with Crippen LogP contribution in [0.4, 0.5) is 5.69 Å². The zero-order chi connectivity index (χ0) is 19.9. The predicted octanol–water partition coefficient (Wildman–Crippen LogP) is 3.62. The first-order valence-corrected chi connectivity index (χ1v) is 11.5. The monoisotopic (exact) mass is 400 g/mol. The second kappa shape index (κ2) is 9.96. The number of para-hydroxylation sites is 1. The number of guanidine groups is 1. The molecule has 1 N–H and O–H groups in total. The van der Waals surface area contributed by atoms with Crippen molar-refractivity contribution < 1.29 is 0 Å². The number of nitrogens with one attached hydrogen (secondary N) is 1. The zero-order valence-corrected chi connectivity index (χ0v) is 18.3. The molecule has 0 radical (unpaired) electrons. The average molecular weight is 401 g/mol. The Hall–Kier alpha value is -2.02. The third-order valence-corrected chi connectivity index (χ3v) is 5.49. The fourth-order valence-corrected chi connectivity index (χ4v) is 4.10. The highest BCUT2D eigenvalue weighted by atomic mass is 32.2. The standard InChI is InChI=1S/C21H32N6S/c1-5-22-20(26-14-12-17-9-6-7-10-18(17)26)23-13-8-11-19-24-25-21(28-4)27(19)15-16(2)3/h6-7,9-10,16H,5,8,11-15H2,1-4H3,(H,22,23). The maximum Gasteiger partial charge on any atom is 0.198 e. The predicted molar refractivity (Wildman–Crippen MR) is 118 cm³/mol. The summed E-state index contributed by atoms with van der Waals surface area (Å²) in [6, 6.07) is 8.62. The first kappa shape index (κ1) is 20.7. The fraction of sp³-hybridized carbons (Fsp3) is 0.571. The first-order chi connectivity index (χ1) is 13.6. The van der Waals surface area contributed by atoms with E-state index in [9.17, 15) is 0 Å². The van der Waals surface area contributed by atoms with Crippen LogP contribution in [0.3, 0.4) is 0 Å². The highest BCUT2D eigenvalue weighted by Crippen LogP contribution is 2.27. The van der Waals surface area contributed by atoms with Crippen LogP contribution in [0, 0.1) is 5.92 Å². The minimum absolute atomic E-state index is 0.578. The number of aromatic nitrogens is 3. The molecule has 3 rings (SSSR count). The smallest absolute Gasteiger partial charge is 0.198 e. The van der Waals surface area contributed by atoms with Gasteiger partial charge in [-0.3, -0.25) is 4.99 Å². The normalized spacial score (nSPS) is 14.0. The molecule has 0 amide bonds. The molecule has 0 unspecified atom stereocenters. The van der Waals surface area contributed by atoms with Crippen molar-refractivity contribution in [2.75, 3.05) is 30.8 Å². The van der Waals surface area contributed by atoms with E-state index < -0.39 is 0 Å². The third-order valence-electron chi connectivity index (χ3n) is 4.82. The molecule has 6 nitrogen and oxygen atoms in total. The molecule has 1 aliphatic heterocycles. The van der Waals surface area contributed by atoms with Crippen LogP contribution in [-0.2, 0) is 19.4 Å². The van der Waals surface area contributed by atoms with E-state index in [1.807, 2.05) is 0 Å². The van der Waals surface area contributed by atoms with E-state index in [1.165, 1.54) is 11.3 Å². The van der Waals surface area contributed by atoms with Crippen molar-refractivity contribution in [3.63, 3.8) is 0 Å². The van der Waals surface area contributed by atoms with E-state index in [4.69, 9.17) is 4.99 Å². The Morgan fingerprint density at radius 1 is 1.29 bits per heavy atom. The van der Waals surface area contributed by atoms with Crippen LogP contribution in [0.15, 0.2) is 34.4 Å². The molecule has 0 fully saturated rings. The van der Waals surface area contributed by atoms with Crippen LogP contribution in [-0.4, -0.2) is 46.6 Å². The van der Waals surface area contributed by atoms with E-state index in [0.29, 0.717) is 5.92 Å². The molecule has 1 aromatic heterocycles. The van der Waals surface area contributed by atoms with Crippen LogP contribution in [0.5, 0.6) is 0 Å². The van der Waals surface area contributed by atoms with E-state index >= 15 is 0 Å². The van der Waals surface area contributed by atoms with E-state index in [2.05, 4.69) is 76.3 Å². The summed E-state index contributed by atoms with van der Waals surface area (Å²) >= 11 is 1.66. The molecule has 0 aliphatic carbocycles. The lowest BCUT2D eigenvalue weighted by molar-refractivity contribution is 0.477. The second-order valence-electron chi connectivity index (χ2n) is 7.48. The number of fused-ring (bicyclic) bond motifs is 1. The molecule has 0 saturated heterocycles. The van der Waals surface area contributed by atoms with Gasteiger partial charge in [-0.15, -0.1) is 10.2 Å². The SMILES string of the molecule is CCNC(=NCCCc1nnc(SC)n1CC(C)C)N1CCc2ccccc21. The average Bonchev–Trinajstić information content (AvgIpc) is 3.28. The summed E-state index contributed by atoms with van der Waals surface area (Å²) < 4.78 is 2.26. The summed E-state index contributed by atoms with van der Waals surface area (Å²) in [6.07, 6.45) is 5.01. The Labute approximate surface area is 172 Å². The number of hydrogen-bond donors (Lipinski definition) is 1. The molecular weight excluding hydrogens is 368 g/mol. The van der Waals surface area contributed by atoms with Gasteiger partial charge >= 0.3 is 0 Å². The molecule has 0 atom stereocenters. The zero-order valence-electron chi connectivity index (χ0n) is 17.5. The Bertz CT molecular complexity index is 798. The van der Waals surface area contributed by atoms with Crippen molar-refractivity contribution in [2.24, 2.45) is 10.9 Å². The van der Waals surface area contributed by atoms with Gasteiger partial charge in [-0.05, 0) is 43.6 Å². The number of nitrogens with zero attached hydrogens (tertiary/aromatic N) is 5. The van der Waals surface area contributed by atoms with Gasteiger partial charge in [0.15, 0.2) is 11.1 Å². The molecule has 1 aliphatic rings. The van der Waals surface area contributed by atoms with Crippen LogP contribution in [0.25, 0.3) is 0 Å². The van der Waals surface area contributed by atoms with Crippen LogP contribution in [0.2, 0.25) is 0 Å². The van der Waals surface area contributed by atoms with Gasteiger partial charge in [0, 0.05) is 38.3 Å². The van der Waals surface area contributed by atoms with Gasteiger partial charge in [0.2, 0.25) is 0 Å². The maximum absolute atomic E-state index is 4.90. The van der Waals surface area contributed by atoms with Gasteiger partial charge in [0.25, 0.3) is 0 Å². The highest BCUT2D eigenvalue weighted by molar-refractivity contribution is 7.98. The fourth-order valence-electron chi connectivity index (χ4n) is 3.58. The molecule has 2 aromatic rings. The van der Waals surface area contributed by atoms with Crippen molar-refractivity contribution in [3.8, 4) is 0 Å². The van der Waals surface area contributed by atoms with Crippen molar-refractivity contribution in [3.05, 3.63) is 35.7 Å². The first-order valence-electron chi connectivity index (χ1n) is 10.2. The summed E-state index contributed by atoms with van der Waals surface area (Å²) in [5, 5.41) is 13.2. The molecule has 1 aromatic carbocycles. The Morgan fingerprint density at radius 3 is 2.86 bits per heavy atom. The van der Waals surface area contributed by atoms with E-state index in [1.54, 1.807) is 11.8 Å². The van der Waals surface area contributed by atoms with Gasteiger partial charge in [-0.1, -0.05) is 43.8 Å². The van der Waals surface area contributed by atoms with E-state index in [-0.39, 0.29) is 0 Å². The van der Waals surface area contributed by atoms with Crippen molar-refractivity contribution >= 4 is 23.4 Å². The number of benzene rings is 1. The molecule has 2 heterocycles. The number of anilines is 1. The van der Waals surface area contributed by atoms with Gasteiger partial charge in [0.05, 0.1) is 0 Å². The van der Waals surface area contributed by atoms with Crippen LogP contribution >= 0.6 is 11.8 Å². The van der Waals surface area contributed by atoms with Gasteiger partial charge in [0.1, 0.15) is 5.82 Å². The Kier molecular flexibility index (Phi) is 7.36. The van der Waals surface area contributed by atoms with Crippen molar-refractivity contribution in [1.29, 1.82) is 0 Å². The molecule has 0 saturated carbocycles. The topological polar surface area (TPSA) is 58.3 Å². The summed E-state index contributed by atoms with van der Waals surface area (Å²) in [7, 11) is 0. The molecule has 152 valence electrons. The minimum atomic E-state index is 0.578. The minimum Gasteiger partial charge on any atom is -0.356 e. The second-order valence-corrected chi connectivity index (χ2v) is 8.25. The van der Waals surface area contributed by atoms with E-state index in [0.717, 1.165) is 62.4 Å². The molecule has 28 heavy (non-hydrogen) atoms. The Balaban J connectivity index is 1.64. The van der Waals surface area contributed by atoms with Crippen LogP contribution < -0.4 is 10.2 Å². The summed E-state index contributed by atoms with van der Waals surface area (Å²) in [6.45, 7) is 10.2. The molecule has 0 bridgehead atoms. The lowest BCUT2D eigenvalue weighted by Crippen LogP contribution is -2.40. The maximum atomic E-state index is 4.90. The summed E-state index contributed by atoms with van der Waals surface area (Å²) in [5.74, 6) is 2.64. The van der Waals surface area contributed by atoms with Gasteiger partial charge in [-0.25, -0.2) is 0 Å². The lowest BCUT2D eigenvalue weighted by Gasteiger charge is -2.22. The number of rotatable bonds is 8. The summed E-state index contributed by atoms with van der Waals surface area (Å²) in [4.78, 5) is 7.21. The summed E-state index contributed by atoms with van der Waals surface area (Å²) in [5.41, 5.74) is 2.68.